The zero-order valence-corrected chi connectivity index (χ0v) is 16.1. The van der Waals surface area contributed by atoms with Crippen molar-refractivity contribution in [3.63, 3.8) is 0 Å². The molecular weight excluding hydrogens is 358 g/mol. The van der Waals surface area contributed by atoms with Gasteiger partial charge < -0.3 is 15.4 Å². The summed E-state index contributed by atoms with van der Waals surface area (Å²) in [6, 6.07) is 4.01. The maximum Gasteiger partial charge on any atom is 0.407 e. The Balaban J connectivity index is 1.36. The predicted molar refractivity (Wildman–Crippen MR) is 105 cm³/mol. The first-order valence-corrected chi connectivity index (χ1v) is 9.70. The van der Waals surface area contributed by atoms with E-state index >= 15 is 0 Å². The molecule has 0 aromatic carbocycles. The molecule has 3 unspecified atom stereocenters. The first-order valence-electron chi connectivity index (χ1n) is 9.70. The third kappa shape index (κ3) is 3.92. The van der Waals surface area contributed by atoms with Gasteiger partial charge in [-0.2, -0.15) is 10.2 Å². The van der Waals surface area contributed by atoms with Crippen LogP contribution in [-0.4, -0.2) is 43.0 Å². The van der Waals surface area contributed by atoms with Gasteiger partial charge in [0.15, 0.2) is 11.6 Å². The van der Waals surface area contributed by atoms with Gasteiger partial charge in [0.05, 0.1) is 6.20 Å². The number of nitrogens with zero attached hydrogens (tertiary/aromatic N) is 4. The molecule has 3 N–H and O–H groups in total. The molecule has 0 bridgehead atoms. The van der Waals surface area contributed by atoms with Crippen LogP contribution in [0.2, 0.25) is 0 Å². The van der Waals surface area contributed by atoms with Crippen LogP contribution in [0.1, 0.15) is 51.1 Å². The number of H-pyrrole nitrogens is 1. The third-order valence-corrected chi connectivity index (χ3v) is 5.24. The fourth-order valence-corrected chi connectivity index (χ4v) is 3.50. The molecule has 1 fully saturated rings. The number of amides is 1. The number of fused-ring (bicyclic) bond motifs is 1. The first-order chi connectivity index (χ1) is 13.6. The van der Waals surface area contributed by atoms with Crippen LogP contribution in [0.5, 0.6) is 0 Å². The van der Waals surface area contributed by atoms with E-state index in [0.29, 0.717) is 17.6 Å². The summed E-state index contributed by atoms with van der Waals surface area (Å²) in [4.78, 5) is 16.3. The van der Waals surface area contributed by atoms with E-state index in [1.165, 1.54) is 0 Å². The molecule has 3 atom stereocenters. The van der Waals surface area contributed by atoms with E-state index in [0.717, 1.165) is 36.9 Å². The van der Waals surface area contributed by atoms with Crippen molar-refractivity contribution in [1.82, 2.24) is 30.1 Å². The van der Waals surface area contributed by atoms with Crippen molar-refractivity contribution in [2.75, 3.05) is 5.32 Å². The molecule has 4 rings (SSSR count). The van der Waals surface area contributed by atoms with Crippen molar-refractivity contribution in [2.45, 2.75) is 57.6 Å². The Bertz CT molecular complexity index is 951. The van der Waals surface area contributed by atoms with Crippen molar-refractivity contribution in [3.8, 4) is 0 Å². The van der Waals surface area contributed by atoms with E-state index in [2.05, 4.69) is 30.9 Å². The van der Waals surface area contributed by atoms with Gasteiger partial charge in [0.2, 0.25) is 0 Å². The van der Waals surface area contributed by atoms with E-state index in [4.69, 9.17) is 4.74 Å². The molecule has 28 heavy (non-hydrogen) atoms. The average Bonchev–Trinajstić information content (AvgIpc) is 3.42. The van der Waals surface area contributed by atoms with Crippen molar-refractivity contribution in [1.29, 1.82) is 0 Å². The quantitative estimate of drug-likeness (QED) is 0.602. The number of aromatic nitrogens is 5. The number of carbonyl (C=O) groups excluding carboxylic acids is 1. The molecule has 3 aromatic heterocycles. The number of anilines is 2. The van der Waals surface area contributed by atoms with Crippen LogP contribution in [-0.2, 0) is 4.74 Å². The molecule has 0 spiro atoms. The molecule has 0 saturated heterocycles. The molecule has 9 heteroatoms. The number of nitrogens with one attached hydrogen (secondary N) is 3. The summed E-state index contributed by atoms with van der Waals surface area (Å²) in [5, 5.41) is 17.8. The van der Waals surface area contributed by atoms with Gasteiger partial charge in [-0.1, -0.05) is 6.92 Å². The van der Waals surface area contributed by atoms with Gasteiger partial charge >= 0.3 is 6.09 Å². The van der Waals surface area contributed by atoms with Crippen LogP contribution in [0, 0.1) is 0 Å². The summed E-state index contributed by atoms with van der Waals surface area (Å²) in [5.41, 5.74) is 1.92. The lowest BCUT2D eigenvalue weighted by molar-refractivity contribution is 0.0974. The molecule has 1 amide bonds. The smallest absolute Gasteiger partial charge is 0.407 e. The monoisotopic (exact) mass is 383 g/mol. The summed E-state index contributed by atoms with van der Waals surface area (Å²) in [6.45, 7) is 4.00. The molecule has 0 radical (unpaired) electrons. The Kier molecular flexibility index (Phi) is 5.14. The number of ether oxygens (including phenoxy) is 1. The summed E-state index contributed by atoms with van der Waals surface area (Å²) in [7, 11) is 0. The zero-order chi connectivity index (χ0) is 19.5. The topological polar surface area (TPSA) is 109 Å². The summed E-state index contributed by atoms with van der Waals surface area (Å²) >= 11 is 0. The Morgan fingerprint density at radius 2 is 2.32 bits per heavy atom. The highest BCUT2D eigenvalue weighted by Gasteiger charge is 2.30. The fourth-order valence-electron chi connectivity index (χ4n) is 3.50. The van der Waals surface area contributed by atoms with Crippen LogP contribution in [0.25, 0.3) is 5.52 Å². The molecular formula is C19H25N7O2. The molecule has 3 heterocycles. The summed E-state index contributed by atoms with van der Waals surface area (Å²) in [5.74, 6) is 1.70. The standard InChI is InChI=1S/C19H25N7O2/c1-3-12(2)22-19(27)28-14-5-4-13(10-14)15-11-17(25-24-15)23-18-16-6-7-21-26(16)9-8-20-18/h6-9,11-14H,3-5,10H2,1-2H3,(H,22,27)(H2,20,23,24,25). The zero-order valence-electron chi connectivity index (χ0n) is 16.1. The lowest BCUT2D eigenvalue weighted by atomic mass is 10.0. The maximum absolute atomic E-state index is 11.9. The highest BCUT2D eigenvalue weighted by atomic mass is 16.6. The molecule has 1 aliphatic rings. The highest BCUT2D eigenvalue weighted by Crippen LogP contribution is 2.36. The number of hydrogen-bond donors (Lipinski definition) is 3. The molecule has 9 nitrogen and oxygen atoms in total. The van der Waals surface area contributed by atoms with Crippen LogP contribution in [0.3, 0.4) is 0 Å². The van der Waals surface area contributed by atoms with Crippen molar-refractivity contribution >= 4 is 23.2 Å². The van der Waals surface area contributed by atoms with Gasteiger partial charge in [0, 0.05) is 36.1 Å². The fraction of sp³-hybridized carbons (Fsp3) is 0.474. The minimum Gasteiger partial charge on any atom is -0.446 e. The number of hydrogen-bond acceptors (Lipinski definition) is 6. The van der Waals surface area contributed by atoms with Crippen LogP contribution >= 0.6 is 0 Å². The van der Waals surface area contributed by atoms with Crippen LogP contribution in [0.4, 0.5) is 16.4 Å². The Hall–Kier alpha value is -3.10. The molecule has 1 saturated carbocycles. The second-order valence-corrected chi connectivity index (χ2v) is 7.26. The number of alkyl carbamates (subject to hydrolysis) is 1. The number of rotatable bonds is 6. The number of carbonyl (C=O) groups is 1. The second kappa shape index (κ2) is 7.87. The largest absolute Gasteiger partial charge is 0.446 e. The Morgan fingerprint density at radius 3 is 3.18 bits per heavy atom. The normalized spacial score (nSPS) is 20.2. The van der Waals surface area contributed by atoms with Gasteiger partial charge in [0.25, 0.3) is 0 Å². The van der Waals surface area contributed by atoms with Gasteiger partial charge in [-0.15, -0.1) is 0 Å². The van der Waals surface area contributed by atoms with Crippen LogP contribution in [0.15, 0.2) is 30.7 Å². The van der Waals surface area contributed by atoms with Crippen molar-refractivity contribution in [2.24, 2.45) is 0 Å². The van der Waals surface area contributed by atoms with Crippen molar-refractivity contribution in [3.05, 3.63) is 36.4 Å². The van der Waals surface area contributed by atoms with E-state index in [1.54, 1.807) is 23.1 Å². The third-order valence-electron chi connectivity index (χ3n) is 5.24. The lowest BCUT2D eigenvalue weighted by Gasteiger charge is -2.16. The predicted octanol–water partition coefficient (Wildman–Crippen LogP) is 3.36. The van der Waals surface area contributed by atoms with Gasteiger partial charge in [-0.3, -0.25) is 5.10 Å². The van der Waals surface area contributed by atoms with Gasteiger partial charge in [-0.25, -0.2) is 14.3 Å². The SMILES string of the molecule is CCC(C)NC(=O)OC1CCC(c2cc(Nc3nccn4nccc34)n[nH]2)C1. The van der Waals surface area contributed by atoms with E-state index in [-0.39, 0.29) is 18.2 Å². The minimum atomic E-state index is -0.327. The first kappa shape index (κ1) is 18.3. The summed E-state index contributed by atoms with van der Waals surface area (Å²) < 4.78 is 7.31. The maximum atomic E-state index is 11.9. The van der Waals surface area contributed by atoms with E-state index in [9.17, 15) is 4.79 Å². The Labute approximate surface area is 162 Å². The highest BCUT2D eigenvalue weighted by molar-refractivity contribution is 5.71. The minimum absolute atomic E-state index is 0.0593. The molecule has 3 aromatic rings. The van der Waals surface area contributed by atoms with Crippen LogP contribution < -0.4 is 10.6 Å². The average molecular weight is 383 g/mol. The summed E-state index contributed by atoms with van der Waals surface area (Å²) in [6.07, 6.45) is 8.33. The van der Waals surface area contributed by atoms with Gasteiger partial charge in [-0.05, 0) is 38.7 Å². The molecule has 1 aliphatic carbocycles. The lowest BCUT2D eigenvalue weighted by Crippen LogP contribution is -2.34. The van der Waals surface area contributed by atoms with Crippen molar-refractivity contribution < 1.29 is 9.53 Å². The van der Waals surface area contributed by atoms with E-state index in [1.807, 2.05) is 26.0 Å². The molecule has 148 valence electrons. The van der Waals surface area contributed by atoms with E-state index < -0.39 is 0 Å². The Morgan fingerprint density at radius 1 is 1.43 bits per heavy atom. The second-order valence-electron chi connectivity index (χ2n) is 7.26. The number of aromatic amines is 1. The molecule has 0 aliphatic heterocycles. The van der Waals surface area contributed by atoms with Gasteiger partial charge in [0.1, 0.15) is 11.6 Å².